The number of nitrogens with one attached hydrogen (secondary N) is 2. The number of aliphatic imine (C=N–C) groups is 1. The van der Waals surface area contributed by atoms with Gasteiger partial charge < -0.3 is 10.6 Å². The van der Waals surface area contributed by atoms with E-state index in [1.54, 1.807) is 0 Å². The molecule has 0 aliphatic rings. The minimum absolute atomic E-state index is 0. The molecule has 6 heteroatoms. The van der Waals surface area contributed by atoms with Gasteiger partial charge in [0.15, 0.2) is 5.96 Å². The number of aryl methyl sites for hydroxylation is 1. The van der Waals surface area contributed by atoms with Crippen molar-refractivity contribution in [3.63, 3.8) is 0 Å². The van der Waals surface area contributed by atoms with E-state index in [4.69, 9.17) is 0 Å². The number of halogens is 1. The third-order valence-corrected chi connectivity index (χ3v) is 5.05. The Bertz CT molecular complexity index is 527. The van der Waals surface area contributed by atoms with Crippen LogP contribution in [0.3, 0.4) is 0 Å². The van der Waals surface area contributed by atoms with E-state index >= 15 is 0 Å². The molecular formula is C17H30IN3OS. The standard InChI is InChI=1S/C17H29N3OS.HI/c1-6-18-16(19-10-11-22(21)17(3,4)5)20-13-15-9-7-8-14(2)12-15;/h7-9,12H,6,10-11,13H2,1-5H3,(H2,18,19,20);1H. The number of rotatable bonds is 6. The molecule has 0 radical (unpaired) electrons. The zero-order valence-corrected chi connectivity index (χ0v) is 18.0. The first kappa shape index (κ1) is 22.4. The summed E-state index contributed by atoms with van der Waals surface area (Å²) in [4.78, 5) is 4.58. The van der Waals surface area contributed by atoms with Crippen LogP contribution in [0.15, 0.2) is 29.3 Å². The number of benzene rings is 1. The van der Waals surface area contributed by atoms with Gasteiger partial charge in [0.1, 0.15) is 0 Å². The Morgan fingerprint density at radius 3 is 2.52 bits per heavy atom. The highest BCUT2D eigenvalue weighted by Gasteiger charge is 2.18. The Labute approximate surface area is 160 Å². The second-order valence-electron chi connectivity index (χ2n) is 6.27. The maximum atomic E-state index is 12.0. The van der Waals surface area contributed by atoms with E-state index in [9.17, 15) is 4.21 Å². The molecule has 0 saturated carbocycles. The number of nitrogens with zero attached hydrogens (tertiary/aromatic N) is 1. The molecule has 0 fully saturated rings. The molecule has 0 bridgehead atoms. The molecular weight excluding hydrogens is 421 g/mol. The van der Waals surface area contributed by atoms with Crippen LogP contribution in [0.5, 0.6) is 0 Å². The van der Waals surface area contributed by atoms with Gasteiger partial charge in [0, 0.05) is 34.4 Å². The highest BCUT2D eigenvalue weighted by Crippen LogP contribution is 2.10. The monoisotopic (exact) mass is 451 g/mol. The minimum Gasteiger partial charge on any atom is -0.357 e. The molecule has 0 spiro atoms. The lowest BCUT2D eigenvalue weighted by Crippen LogP contribution is -2.40. The Morgan fingerprint density at radius 1 is 1.26 bits per heavy atom. The fraction of sp³-hybridized carbons (Fsp3) is 0.588. The van der Waals surface area contributed by atoms with Gasteiger partial charge in [-0.1, -0.05) is 29.8 Å². The molecule has 4 nitrogen and oxygen atoms in total. The first-order chi connectivity index (χ1) is 10.3. The quantitative estimate of drug-likeness (QED) is 0.397. The summed E-state index contributed by atoms with van der Waals surface area (Å²) in [7, 11) is -0.846. The maximum absolute atomic E-state index is 12.0. The van der Waals surface area contributed by atoms with E-state index in [0.29, 0.717) is 18.8 Å². The van der Waals surface area contributed by atoms with Crippen LogP contribution in [0.1, 0.15) is 38.8 Å². The summed E-state index contributed by atoms with van der Waals surface area (Å²) in [6, 6.07) is 8.35. The third-order valence-electron chi connectivity index (χ3n) is 3.11. The van der Waals surface area contributed by atoms with Crippen molar-refractivity contribution in [1.29, 1.82) is 0 Å². The van der Waals surface area contributed by atoms with E-state index in [2.05, 4.69) is 40.7 Å². The van der Waals surface area contributed by atoms with Crippen LogP contribution in [0, 0.1) is 6.92 Å². The number of guanidine groups is 1. The van der Waals surface area contributed by atoms with Gasteiger partial charge in [-0.3, -0.25) is 4.21 Å². The van der Waals surface area contributed by atoms with Crippen molar-refractivity contribution in [2.45, 2.75) is 45.9 Å². The number of hydrogen-bond donors (Lipinski definition) is 2. The van der Waals surface area contributed by atoms with Crippen molar-refractivity contribution >= 4 is 40.7 Å². The zero-order chi connectivity index (χ0) is 16.6. The van der Waals surface area contributed by atoms with Crippen LogP contribution in [0.2, 0.25) is 0 Å². The smallest absolute Gasteiger partial charge is 0.191 e. The van der Waals surface area contributed by atoms with Crippen molar-refractivity contribution in [3.8, 4) is 0 Å². The molecule has 0 saturated heterocycles. The maximum Gasteiger partial charge on any atom is 0.191 e. The van der Waals surface area contributed by atoms with Gasteiger partial charge >= 0.3 is 0 Å². The Hall–Kier alpha value is -0.630. The molecule has 1 aromatic rings. The number of hydrogen-bond acceptors (Lipinski definition) is 2. The zero-order valence-electron chi connectivity index (χ0n) is 14.8. The topological polar surface area (TPSA) is 53.5 Å². The van der Waals surface area contributed by atoms with Crippen LogP contribution in [-0.4, -0.2) is 33.8 Å². The third kappa shape index (κ3) is 9.30. The van der Waals surface area contributed by atoms with E-state index in [-0.39, 0.29) is 28.7 Å². The second kappa shape index (κ2) is 11.0. The van der Waals surface area contributed by atoms with E-state index in [1.807, 2.05) is 33.8 Å². The fourth-order valence-electron chi connectivity index (χ4n) is 1.89. The first-order valence-electron chi connectivity index (χ1n) is 7.79. The van der Waals surface area contributed by atoms with Gasteiger partial charge in [-0.05, 0) is 40.2 Å². The lowest BCUT2D eigenvalue weighted by atomic mass is 10.1. The molecule has 1 aromatic carbocycles. The van der Waals surface area contributed by atoms with Crippen molar-refractivity contribution < 1.29 is 4.21 Å². The van der Waals surface area contributed by atoms with Crippen LogP contribution >= 0.6 is 24.0 Å². The fourth-order valence-corrected chi connectivity index (χ4v) is 2.79. The first-order valence-corrected chi connectivity index (χ1v) is 9.11. The van der Waals surface area contributed by atoms with Gasteiger partial charge in [0.2, 0.25) is 0 Å². The summed E-state index contributed by atoms with van der Waals surface area (Å²) in [5, 5.41) is 6.47. The molecule has 132 valence electrons. The van der Waals surface area contributed by atoms with Gasteiger partial charge in [-0.15, -0.1) is 24.0 Å². The van der Waals surface area contributed by atoms with Crippen molar-refractivity contribution in [3.05, 3.63) is 35.4 Å². The van der Waals surface area contributed by atoms with Crippen molar-refractivity contribution in [2.75, 3.05) is 18.8 Å². The highest BCUT2D eigenvalue weighted by atomic mass is 127. The second-order valence-corrected chi connectivity index (χ2v) is 8.60. The Kier molecular flexibility index (Phi) is 10.7. The SMILES string of the molecule is CCNC(=NCc1cccc(C)c1)NCCS(=O)C(C)(C)C.I. The largest absolute Gasteiger partial charge is 0.357 e. The van der Waals surface area contributed by atoms with E-state index < -0.39 is 10.8 Å². The molecule has 0 amide bonds. The summed E-state index contributed by atoms with van der Waals surface area (Å²) in [5.41, 5.74) is 2.43. The highest BCUT2D eigenvalue weighted by molar-refractivity contribution is 14.0. The summed E-state index contributed by atoms with van der Waals surface area (Å²) in [5.74, 6) is 1.40. The van der Waals surface area contributed by atoms with Crippen LogP contribution in [0.25, 0.3) is 0 Å². The summed E-state index contributed by atoms with van der Waals surface area (Å²) in [6.45, 7) is 12.2. The molecule has 0 aromatic heterocycles. The van der Waals surface area contributed by atoms with Crippen molar-refractivity contribution in [2.24, 2.45) is 4.99 Å². The van der Waals surface area contributed by atoms with E-state index in [0.717, 1.165) is 12.5 Å². The Balaban J connectivity index is 0.00000484. The molecule has 1 unspecified atom stereocenters. The Morgan fingerprint density at radius 2 is 1.96 bits per heavy atom. The van der Waals surface area contributed by atoms with Crippen LogP contribution < -0.4 is 10.6 Å². The molecule has 0 heterocycles. The predicted molar refractivity (Wildman–Crippen MR) is 112 cm³/mol. The normalized spacial score (nSPS) is 13.2. The van der Waals surface area contributed by atoms with Crippen LogP contribution in [-0.2, 0) is 17.3 Å². The van der Waals surface area contributed by atoms with E-state index in [1.165, 1.54) is 11.1 Å². The summed E-state index contributed by atoms with van der Waals surface area (Å²) in [6.07, 6.45) is 0. The molecule has 0 aliphatic carbocycles. The molecule has 1 rings (SSSR count). The van der Waals surface area contributed by atoms with Gasteiger partial charge in [0.25, 0.3) is 0 Å². The van der Waals surface area contributed by atoms with Gasteiger partial charge in [0.05, 0.1) is 6.54 Å². The average molecular weight is 451 g/mol. The molecule has 23 heavy (non-hydrogen) atoms. The lowest BCUT2D eigenvalue weighted by molar-refractivity contribution is 0.647. The molecule has 0 aliphatic heterocycles. The van der Waals surface area contributed by atoms with Crippen LogP contribution in [0.4, 0.5) is 0 Å². The minimum atomic E-state index is -0.846. The average Bonchev–Trinajstić information content (AvgIpc) is 2.43. The van der Waals surface area contributed by atoms with Crippen molar-refractivity contribution in [1.82, 2.24) is 10.6 Å². The molecule has 1 atom stereocenters. The summed E-state index contributed by atoms with van der Waals surface area (Å²) < 4.78 is 11.9. The van der Waals surface area contributed by atoms with Gasteiger partial charge in [-0.25, -0.2) is 4.99 Å². The molecule has 2 N–H and O–H groups in total. The lowest BCUT2D eigenvalue weighted by Gasteiger charge is -2.18. The van der Waals surface area contributed by atoms with Gasteiger partial charge in [-0.2, -0.15) is 0 Å². The summed E-state index contributed by atoms with van der Waals surface area (Å²) >= 11 is 0. The predicted octanol–water partition coefficient (Wildman–Crippen LogP) is 3.22.